The first kappa shape index (κ1) is 15.0. The molecule has 0 aliphatic heterocycles. The highest BCUT2D eigenvalue weighted by Gasteiger charge is 2.27. The second kappa shape index (κ2) is 7.39. The maximum absolute atomic E-state index is 4.15. The van der Waals surface area contributed by atoms with E-state index in [-0.39, 0.29) is 0 Å². The summed E-state index contributed by atoms with van der Waals surface area (Å²) in [4.78, 5) is 0. The minimum Gasteiger partial charge on any atom is -0.309 e. The number of halogens is 1. The Bertz CT molecular complexity index is 363. The van der Waals surface area contributed by atoms with Crippen molar-refractivity contribution in [2.75, 3.05) is 6.54 Å². The minimum atomic E-state index is 0.373. The molecule has 1 N–H and O–H groups in total. The van der Waals surface area contributed by atoms with Crippen LogP contribution in [0.5, 0.6) is 0 Å². The van der Waals surface area contributed by atoms with Crippen LogP contribution in [0.1, 0.15) is 63.6 Å². The van der Waals surface area contributed by atoms with Gasteiger partial charge in [0.05, 0.1) is 11.7 Å². The van der Waals surface area contributed by atoms with E-state index in [1.165, 1.54) is 50.6 Å². The Hall–Kier alpha value is -0.420. The van der Waals surface area contributed by atoms with Gasteiger partial charge in [0.1, 0.15) is 0 Å². The number of rotatable bonds is 4. The van der Waals surface area contributed by atoms with E-state index >= 15 is 0 Å². The Labute approximate surface area is 124 Å². The zero-order valence-electron chi connectivity index (χ0n) is 12.0. The second-order valence-corrected chi connectivity index (χ2v) is 6.28. The maximum atomic E-state index is 4.15. The van der Waals surface area contributed by atoms with Gasteiger partial charge in [0.2, 0.25) is 0 Å². The van der Waals surface area contributed by atoms with Crippen molar-refractivity contribution in [3.05, 3.63) is 10.3 Å². The van der Waals surface area contributed by atoms with E-state index in [9.17, 15) is 0 Å². The van der Waals surface area contributed by atoms with Crippen LogP contribution < -0.4 is 5.32 Å². The highest BCUT2D eigenvalue weighted by atomic mass is 79.9. The molecule has 108 valence electrons. The maximum Gasteiger partial charge on any atom is 0.153 e. The normalized spacial score (nSPS) is 19.9. The third kappa shape index (κ3) is 3.78. The molecule has 1 aromatic rings. The molecule has 0 bridgehead atoms. The molecule has 1 heterocycles. The number of hydrogen-bond acceptors (Lipinski definition) is 3. The molecule has 19 heavy (non-hydrogen) atoms. The van der Waals surface area contributed by atoms with E-state index in [4.69, 9.17) is 0 Å². The molecule has 0 spiro atoms. The molecular formula is C14H25BrN4. The molecule has 1 aromatic heterocycles. The molecule has 0 amide bonds. The topological polar surface area (TPSA) is 42.7 Å². The molecule has 1 saturated carbocycles. The largest absolute Gasteiger partial charge is 0.309 e. The fraction of sp³-hybridized carbons (Fsp3) is 0.857. The molecule has 1 atom stereocenters. The number of nitrogens with one attached hydrogen (secondary N) is 1. The predicted octanol–water partition coefficient (Wildman–Crippen LogP) is 3.59. The fourth-order valence-corrected chi connectivity index (χ4v) is 3.77. The number of hydrogen-bond donors (Lipinski definition) is 1. The summed E-state index contributed by atoms with van der Waals surface area (Å²) in [5.74, 6) is 0.703. The second-order valence-electron chi connectivity index (χ2n) is 5.53. The van der Waals surface area contributed by atoms with E-state index < -0.39 is 0 Å². The minimum absolute atomic E-state index is 0.373. The molecule has 4 nitrogen and oxygen atoms in total. The Morgan fingerprint density at radius 1 is 1.26 bits per heavy atom. The molecule has 1 aliphatic carbocycles. The van der Waals surface area contributed by atoms with Gasteiger partial charge in [0, 0.05) is 7.05 Å². The van der Waals surface area contributed by atoms with E-state index in [2.05, 4.69) is 38.5 Å². The Balaban J connectivity index is 2.18. The molecule has 0 saturated heterocycles. The molecule has 1 fully saturated rings. The Morgan fingerprint density at radius 3 is 2.42 bits per heavy atom. The third-order valence-corrected chi connectivity index (χ3v) is 4.73. The van der Waals surface area contributed by atoms with Gasteiger partial charge in [-0.2, -0.15) is 0 Å². The first-order valence-electron chi connectivity index (χ1n) is 7.52. The highest BCUT2D eigenvalue weighted by Crippen LogP contribution is 2.34. The van der Waals surface area contributed by atoms with Crippen LogP contribution in [-0.2, 0) is 7.05 Å². The van der Waals surface area contributed by atoms with Gasteiger partial charge in [0.25, 0.3) is 0 Å². The zero-order chi connectivity index (χ0) is 13.7. The summed E-state index contributed by atoms with van der Waals surface area (Å²) in [5, 5.41) is 11.9. The van der Waals surface area contributed by atoms with Crippen molar-refractivity contribution >= 4 is 15.9 Å². The Kier molecular flexibility index (Phi) is 5.82. The molecule has 0 radical (unpaired) electrons. The van der Waals surface area contributed by atoms with Gasteiger partial charge < -0.3 is 5.32 Å². The summed E-state index contributed by atoms with van der Waals surface area (Å²) >= 11 is 3.55. The van der Waals surface area contributed by atoms with Crippen LogP contribution in [-0.4, -0.2) is 21.5 Å². The average Bonchev–Trinajstić information content (AvgIpc) is 2.67. The number of aryl methyl sites for hydroxylation is 1. The SMILES string of the molecule is CCNC(c1c(Br)nnn1C)C1CCCCCCC1. The first-order valence-corrected chi connectivity index (χ1v) is 8.31. The van der Waals surface area contributed by atoms with Crippen LogP contribution in [0.15, 0.2) is 4.60 Å². The van der Waals surface area contributed by atoms with E-state index in [1.807, 2.05) is 11.7 Å². The third-order valence-electron chi connectivity index (χ3n) is 4.17. The van der Waals surface area contributed by atoms with Crippen molar-refractivity contribution in [1.29, 1.82) is 0 Å². The average molecular weight is 329 g/mol. The summed E-state index contributed by atoms with van der Waals surface area (Å²) in [7, 11) is 1.99. The van der Waals surface area contributed by atoms with Crippen molar-refractivity contribution in [3.8, 4) is 0 Å². The summed E-state index contributed by atoms with van der Waals surface area (Å²) in [6.07, 6.45) is 9.53. The first-order chi connectivity index (χ1) is 9.24. The van der Waals surface area contributed by atoms with Crippen molar-refractivity contribution < 1.29 is 0 Å². The zero-order valence-corrected chi connectivity index (χ0v) is 13.6. The molecule has 5 heteroatoms. The molecule has 0 aromatic carbocycles. The molecule has 1 aliphatic rings. The Morgan fingerprint density at radius 2 is 1.89 bits per heavy atom. The van der Waals surface area contributed by atoms with E-state index in [0.29, 0.717) is 12.0 Å². The van der Waals surface area contributed by atoms with Gasteiger partial charge >= 0.3 is 0 Å². The van der Waals surface area contributed by atoms with Crippen LogP contribution >= 0.6 is 15.9 Å². The summed E-state index contributed by atoms with van der Waals surface area (Å²) < 4.78 is 2.80. The van der Waals surface area contributed by atoms with Gasteiger partial charge in [-0.15, -0.1) is 5.10 Å². The van der Waals surface area contributed by atoms with E-state index in [0.717, 1.165) is 11.1 Å². The van der Waals surface area contributed by atoms with Gasteiger partial charge in [0.15, 0.2) is 4.60 Å². The van der Waals surface area contributed by atoms with Gasteiger partial charge in [-0.05, 0) is 41.2 Å². The molecule has 1 unspecified atom stereocenters. The van der Waals surface area contributed by atoms with E-state index in [1.54, 1.807) is 0 Å². The number of nitrogens with zero attached hydrogens (tertiary/aromatic N) is 3. The monoisotopic (exact) mass is 328 g/mol. The lowest BCUT2D eigenvalue weighted by molar-refractivity contribution is 0.281. The molecular weight excluding hydrogens is 304 g/mol. The fourth-order valence-electron chi connectivity index (χ4n) is 3.20. The highest BCUT2D eigenvalue weighted by molar-refractivity contribution is 9.10. The lowest BCUT2D eigenvalue weighted by Crippen LogP contribution is -2.31. The van der Waals surface area contributed by atoms with Crippen LogP contribution in [0.4, 0.5) is 0 Å². The van der Waals surface area contributed by atoms with Crippen LogP contribution in [0.25, 0.3) is 0 Å². The van der Waals surface area contributed by atoms with Crippen molar-refractivity contribution in [2.45, 2.75) is 57.9 Å². The lowest BCUT2D eigenvalue weighted by atomic mass is 9.84. The summed E-state index contributed by atoms with van der Waals surface area (Å²) in [6, 6.07) is 0.373. The predicted molar refractivity (Wildman–Crippen MR) is 80.9 cm³/mol. The van der Waals surface area contributed by atoms with Crippen molar-refractivity contribution in [2.24, 2.45) is 13.0 Å². The van der Waals surface area contributed by atoms with Crippen molar-refractivity contribution in [1.82, 2.24) is 20.3 Å². The summed E-state index contributed by atoms with van der Waals surface area (Å²) in [6.45, 7) is 3.16. The van der Waals surface area contributed by atoms with Crippen molar-refractivity contribution in [3.63, 3.8) is 0 Å². The van der Waals surface area contributed by atoms with Crippen LogP contribution in [0.2, 0.25) is 0 Å². The summed E-state index contributed by atoms with van der Waals surface area (Å²) in [5.41, 5.74) is 1.20. The lowest BCUT2D eigenvalue weighted by Gasteiger charge is -2.29. The van der Waals surface area contributed by atoms with Gasteiger partial charge in [-0.3, -0.25) is 0 Å². The molecule has 2 rings (SSSR count). The smallest absolute Gasteiger partial charge is 0.153 e. The van der Waals surface area contributed by atoms with Crippen LogP contribution in [0.3, 0.4) is 0 Å². The van der Waals surface area contributed by atoms with Crippen LogP contribution in [0, 0.1) is 5.92 Å². The standard InChI is InChI=1S/C14H25BrN4/c1-3-16-12(13-14(15)17-18-19(13)2)11-9-7-5-4-6-8-10-11/h11-12,16H,3-10H2,1-2H3. The quantitative estimate of drug-likeness (QED) is 0.918. The number of aromatic nitrogens is 3. The van der Waals surface area contributed by atoms with Gasteiger partial charge in [-0.1, -0.05) is 44.2 Å². The van der Waals surface area contributed by atoms with Gasteiger partial charge in [-0.25, -0.2) is 4.68 Å².